The van der Waals surface area contributed by atoms with E-state index in [2.05, 4.69) is 25.9 Å². The van der Waals surface area contributed by atoms with Crippen molar-refractivity contribution in [3.8, 4) is 28.2 Å². The molecule has 2 heterocycles. The first kappa shape index (κ1) is 38.1. The Kier molecular flexibility index (Phi) is 10.9. The van der Waals surface area contributed by atoms with Gasteiger partial charge in [-0.05, 0) is 65.6 Å². The second-order valence-corrected chi connectivity index (χ2v) is 13.1. The number of benzene rings is 5. The molecule has 14 nitrogen and oxygen atoms in total. The molecule has 0 spiro atoms. The standard InChI is InChI=1S/C41H33F2N6O8/c42-30-17-28-35(19-33(30)50)57-36-20-34(51)31(43)18-29(36)37(28)26-12-10-24(16-27(26)40(53)54)39(52)45-14-6-2-1-5-13-44-38-32(49(55)56)21-46-41(48-38)47-25-11-9-22-7-3-4-8-23(22)15-25/h3-4,7-12,15-21,50,55H,1-2,5-6,13-14H2,(H,45,52)(H,53,54)(H2,44,46,47,48)/q-1. The first-order chi connectivity index (χ1) is 27.5. The van der Waals surface area contributed by atoms with Crippen LogP contribution in [0.5, 0.6) is 5.75 Å². The molecule has 0 bridgehead atoms. The Hall–Kier alpha value is -7.17. The highest BCUT2D eigenvalue weighted by Crippen LogP contribution is 2.43. The Balaban J connectivity index is 0.958. The number of halogens is 2. The number of carbonyl (C=O) groups is 2. The normalized spacial score (nSPS) is 11.2. The minimum Gasteiger partial charge on any atom is -0.733 e. The zero-order chi connectivity index (χ0) is 40.2. The van der Waals surface area contributed by atoms with E-state index in [4.69, 9.17) is 4.42 Å². The van der Waals surface area contributed by atoms with Crippen LogP contribution in [0.2, 0.25) is 0 Å². The summed E-state index contributed by atoms with van der Waals surface area (Å²) in [6, 6.07) is 21.1. The Morgan fingerprint density at radius 1 is 0.860 bits per heavy atom. The fourth-order valence-corrected chi connectivity index (χ4v) is 6.49. The van der Waals surface area contributed by atoms with Crippen LogP contribution < -0.4 is 26.6 Å². The molecule has 0 saturated heterocycles. The van der Waals surface area contributed by atoms with Gasteiger partial charge in [0.25, 0.3) is 5.91 Å². The number of phenolic OH excluding ortho intramolecular Hbond substituents is 1. The number of nitrogens with one attached hydrogen (secondary N) is 3. The smallest absolute Gasteiger partial charge is 0.336 e. The average Bonchev–Trinajstić information content (AvgIpc) is 3.19. The lowest BCUT2D eigenvalue weighted by molar-refractivity contribution is 0.0697. The number of carboxylic acids is 1. The van der Waals surface area contributed by atoms with Gasteiger partial charge in [0.05, 0.1) is 11.8 Å². The van der Waals surface area contributed by atoms with Gasteiger partial charge in [-0.2, -0.15) is 4.98 Å². The number of aromatic carboxylic acids is 1. The molecule has 0 radical (unpaired) electrons. The van der Waals surface area contributed by atoms with Gasteiger partial charge in [0.2, 0.25) is 11.4 Å². The number of aromatic hydroxyl groups is 1. The molecule has 4 aromatic carbocycles. The lowest BCUT2D eigenvalue weighted by Gasteiger charge is -2.24. The third-order valence-corrected chi connectivity index (χ3v) is 9.29. The lowest BCUT2D eigenvalue weighted by Crippen LogP contribution is -2.24. The van der Waals surface area contributed by atoms with E-state index in [0.29, 0.717) is 25.8 Å². The SMILES string of the molecule is O=C(NCCCCCCNc1nc(Nc2ccc3ccccc3c2)ncc1N([O-])O)c1ccc(-c2c3cc(F)c(=O)cc-3oc3cc(O)c(F)cc23)c(C(=O)O)c1. The topological polar surface area (TPSA) is 213 Å². The molecule has 16 heteroatoms. The fraction of sp³-hybridized carbons (Fsp3) is 0.146. The Morgan fingerprint density at radius 3 is 2.40 bits per heavy atom. The quantitative estimate of drug-likeness (QED) is 0.0351. The fourth-order valence-electron chi connectivity index (χ4n) is 6.49. The molecule has 5 aromatic rings. The van der Waals surface area contributed by atoms with Crippen LogP contribution in [0.25, 0.3) is 44.2 Å². The second-order valence-electron chi connectivity index (χ2n) is 13.1. The first-order valence-electron chi connectivity index (χ1n) is 17.7. The molecule has 290 valence electrons. The van der Waals surface area contributed by atoms with Crippen molar-refractivity contribution in [3.05, 3.63) is 129 Å². The predicted molar refractivity (Wildman–Crippen MR) is 209 cm³/mol. The number of hydrogen-bond acceptors (Lipinski definition) is 12. The van der Waals surface area contributed by atoms with E-state index < -0.39 is 34.7 Å². The van der Waals surface area contributed by atoms with Crippen LogP contribution >= 0.6 is 0 Å². The van der Waals surface area contributed by atoms with Gasteiger partial charge in [-0.1, -0.05) is 49.2 Å². The number of fused-ring (bicyclic) bond motifs is 3. The van der Waals surface area contributed by atoms with E-state index in [0.717, 1.165) is 53.2 Å². The van der Waals surface area contributed by atoms with E-state index in [-0.39, 0.29) is 73.8 Å². The third-order valence-electron chi connectivity index (χ3n) is 9.29. The maximum atomic E-state index is 14.6. The highest BCUT2D eigenvalue weighted by atomic mass is 19.1. The minimum absolute atomic E-state index is 0.00254. The summed E-state index contributed by atoms with van der Waals surface area (Å²) in [6.45, 7) is 0.698. The molecule has 1 aromatic heterocycles. The summed E-state index contributed by atoms with van der Waals surface area (Å²) < 4.78 is 34.7. The number of amides is 1. The number of carbonyl (C=O) groups excluding carboxylic acids is 1. The Bertz CT molecular complexity index is 2690. The van der Waals surface area contributed by atoms with Gasteiger partial charge < -0.3 is 41.0 Å². The molecular formula is C41H33F2N6O8-. The van der Waals surface area contributed by atoms with Gasteiger partial charge >= 0.3 is 5.97 Å². The third kappa shape index (κ3) is 8.26. The zero-order valence-electron chi connectivity index (χ0n) is 29.9. The van der Waals surface area contributed by atoms with Crippen molar-refractivity contribution in [2.75, 3.05) is 28.9 Å². The van der Waals surface area contributed by atoms with Gasteiger partial charge in [-0.25, -0.2) is 18.6 Å². The largest absolute Gasteiger partial charge is 0.733 e. The highest BCUT2D eigenvalue weighted by molar-refractivity contribution is 6.09. The van der Waals surface area contributed by atoms with Crippen molar-refractivity contribution in [2.45, 2.75) is 25.7 Å². The Labute approximate surface area is 321 Å². The summed E-state index contributed by atoms with van der Waals surface area (Å²) in [4.78, 5) is 46.2. The van der Waals surface area contributed by atoms with Crippen molar-refractivity contribution in [1.82, 2.24) is 15.3 Å². The summed E-state index contributed by atoms with van der Waals surface area (Å²) >= 11 is 0. The summed E-state index contributed by atoms with van der Waals surface area (Å²) in [7, 11) is 0. The maximum absolute atomic E-state index is 14.6. The van der Waals surface area contributed by atoms with Crippen LogP contribution in [0.1, 0.15) is 46.4 Å². The van der Waals surface area contributed by atoms with Crippen LogP contribution in [-0.2, 0) is 0 Å². The summed E-state index contributed by atoms with van der Waals surface area (Å²) in [5, 5.41) is 52.2. The minimum atomic E-state index is -1.43. The number of phenols is 1. The number of hydrogen-bond donors (Lipinski definition) is 6. The van der Waals surface area contributed by atoms with Crippen LogP contribution in [0.4, 0.5) is 31.9 Å². The van der Waals surface area contributed by atoms with Gasteiger partial charge in [0.15, 0.2) is 23.2 Å². The summed E-state index contributed by atoms with van der Waals surface area (Å²) in [6.07, 6.45) is 3.92. The van der Waals surface area contributed by atoms with Crippen LogP contribution in [0, 0.1) is 16.8 Å². The molecular weight excluding hydrogens is 742 g/mol. The second kappa shape index (κ2) is 16.3. The molecule has 7 rings (SSSR count). The monoisotopic (exact) mass is 775 g/mol. The number of nitrogens with zero attached hydrogens (tertiary/aromatic N) is 3. The predicted octanol–water partition coefficient (Wildman–Crippen LogP) is 8.03. The van der Waals surface area contributed by atoms with Crippen molar-refractivity contribution in [1.29, 1.82) is 0 Å². The summed E-state index contributed by atoms with van der Waals surface area (Å²) in [5.74, 6) is -4.66. The molecule has 6 N–H and O–H groups in total. The Morgan fingerprint density at radius 2 is 1.63 bits per heavy atom. The van der Waals surface area contributed by atoms with Gasteiger partial charge in [-0.15, -0.1) is 0 Å². The molecule has 1 aliphatic carbocycles. The lowest BCUT2D eigenvalue weighted by atomic mass is 9.89. The van der Waals surface area contributed by atoms with Crippen molar-refractivity contribution in [3.63, 3.8) is 0 Å². The van der Waals surface area contributed by atoms with Gasteiger partial charge in [-0.3, -0.25) is 14.8 Å². The number of aromatic nitrogens is 2. The zero-order valence-corrected chi connectivity index (χ0v) is 29.9. The van der Waals surface area contributed by atoms with Gasteiger partial charge in [0, 0.05) is 53.0 Å². The maximum Gasteiger partial charge on any atom is 0.336 e. The van der Waals surface area contributed by atoms with E-state index in [1.807, 2.05) is 42.5 Å². The first-order valence-corrected chi connectivity index (χ1v) is 17.7. The van der Waals surface area contributed by atoms with Crippen LogP contribution in [0.3, 0.4) is 0 Å². The molecule has 0 fully saturated rings. The number of rotatable bonds is 14. The number of anilines is 4. The number of carboxylic acid groups (broad SMARTS) is 1. The average molecular weight is 776 g/mol. The van der Waals surface area contributed by atoms with Crippen molar-refractivity contribution in [2.24, 2.45) is 0 Å². The van der Waals surface area contributed by atoms with E-state index in [9.17, 15) is 43.8 Å². The highest BCUT2D eigenvalue weighted by Gasteiger charge is 2.25. The molecule has 1 amide bonds. The molecule has 0 unspecified atom stereocenters. The molecule has 2 aliphatic rings. The van der Waals surface area contributed by atoms with Crippen molar-refractivity contribution < 1.29 is 38.2 Å². The summed E-state index contributed by atoms with van der Waals surface area (Å²) in [5.41, 5.74) is -0.804. The van der Waals surface area contributed by atoms with E-state index in [1.165, 1.54) is 18.3 Å². The number of unbranched alkanes of at least 4 members (excludes halogenated alkanes) is 3. The van der Waals surface area contributed by atoms with E-state index in [1.54, 1.807) is 0 Å². The van der Waals surface area contributed by atoms with Crippen LogP contribution in [-0.4, -0.2) is 50.4 Å². The van der Waals surface area contributed by atoms with E-state index >= 15 is 0 Å². The molecule has 57 heavy (non-hydrogen) atoms. The molecule has 1 aliphatic heterocycles. The van der Waals surface area contributed by atoms with Gasteiger partial charge in [0.1, 0.15) is 17.0 Å². The molecule has 0 saturated carbocycles. The van der Waals surface area contributed by atoms with Crippen molar-refractivity contribution >= 4 is 56.8 Å². The van der Waals surface area contributed by atoms with Crippen LogP contribution in [0.15, 0.2) is 100 Å². The molecule has 0 atom stereocenters.